The third-order valence-electron chi connectivity index (χ3n) is 2.34. The van der Waals surface area contributed by atoms with Gasteiger partial charge in [0.05, 0.1) is 0 Å². The van der Waals surface area contributed by atoms with E-state index in [1.807, 2.05) is 18.2 Å². The van der Waals surface area contributed by atoms with Crippen molar-refractivity contribution >= 4 is 27.7 Å². The summed E-state index contributed by atoms with van der Waals surface area (Å²) in [5.41, 5.74) is 0.676. The second kappa shape index (κ2) is 6.31. The first kappa shape index (κ1) is 13.5. The molecule has 2 nitrogen and oxygen atoms in total. The highest BCUT2D eigenvalue weighted by Gasteiger charge is 2.09. The first-order valence-corrected chi connectivity index (χ1v) is 7.03. The fourth-order valence-electron chi connectivity index (χ4n) is 1.52. The van der Waals surface area contributed by atoms with Crippen LogP contribution in [0.5, 0.6) is 0 Å². The summed E-state index contributed by atoms with van der Waals surface area (Å²) in [5, 5.41) is 3.83. The molecule has 1 N–H and O–H groups in total. The van der Waals surface area contributed by atoms with Crippen LogP contribution in [-0.2, 0) is 6.54 Å². The van der Waals surface area contributed by atoms with Gasteiger partial charge >= 0.3 is 0 Å². The third-order valence-corrected chi connectivity index (χ3v) is 3.87. The number of nitrogens with zero attached hydrogens (tertiary/aromatic N) is 1. The molecule has 1 aromatic carbocycles. The number of hydrogen-bond acceptors (Lipinski definition) is 3. The van der Waals surface area contributed by atoms with Crippen LogP contribution in [-0.4, -0.2) is 12.0 Å². The second-order valence-corrected chi connectivity index (χ2v) is 5.64. The molecule has 18 heavy (non-hydrogen) atoms. The molecule has 5 heteroatoms. The van der Waals surface area contributed by atoms with E-state index in [0.29, 0.717) is 12.1 Å². The highest BCUT2D eigenvalue weighted by Crippen LogP contribution is 2.30. The molecule has 0 fully saturated rings. The van der Waals surface area contributed by atoms with Gasteiger partial charge in [-0.25, -0.2) is 9.37 Å². The van der Waals surface area contributed by atoms with Crippen LogP contribution < -0.4 is 5.32 Å². The van der Waals surface area contributed by atoms with Crippen molar-refractivity contribution in [2.45, 2.75) is 16.5 Å². The summed E-state index contributed by atoms with van der Waals surface area (Å²) in [5.74, 6) is -0.188. The molecule has 2 aromatic rings. The number of pyridine rings is 1. The molecule has 0 spiro atoms. The molecular formula is C13H12BrFN2S. The number of halogens is 2. The van der Waals surface area contributed by atoms with Crippen molar-refractivity contribution in [1.82, 2.24) is 10.3 Å². The minimum Gasteiger partial charge on any atom is -0.316 e. The topological polar surface area (TPSA) is 24.9 Å². The summed E-state index contributed by atoms with van der Waals surface area (Å²) in [6.45, 7) is 0.505. The lowest BCUT2D eigenvalue weighted by Gasteiger charge is -2.09. The summed E-state index contributed by atoms with van der Waals surface area (Å²) in [4.78, 5) is 5.17. The minimum absolute atomic E-state index is 0.188. The van der Waals surface area contributed by atoms with E-state index in [4.69, 9.17) is 0 Å². The lowest BCUT2D eigenvalue weighted by Crippen LogP contribution is -2.08. The van der Waals surface area contributed by atoms with E-state index < -0.39 is 0 Å². The van der Waals surface area contributed by atoms with Crippen LogP contribution in [0.3, 0.4) is 0 Å². The normalized spacial score (nSPS) is 10.6. The van der Waals surface area contributed by atoms with Crippen molar-refractivity contribution in [3.05, 3.63) is 52.4 Å². The first-order chi connectivity index (χ1) is 8.70. The first-order valence-electron chi connectivity index (χ1n) is 5.42. The average Bonchev–Trinajstić information content (AvgIpc) is 2.36. The van der Waals surface area contributed by atoms with E-state index in [1.54, 1.807) is 19.3 Å². The molecule has 1 aromatic heterocycles. The minimum atomic E-state index is -0.188. The van der Waals surface area contributed by atoms with Gasteiger partial charge in [-0.15, -0.1) is 0 Å². The zero-order valence-corrected chi connectivity index (χ0v) is 12.2. The van der Waals surface area contributed by atoms with Crippen molar-refractivity contribution in [3.63, 3.8) is 0 Å². The van der Waals surface area contributed by atoms with Crippen LogP contribution in [0, 0.1) is 5.82 Å². The van der Waals surface area contributed by atoms with Crippen molar-refractivity contribution in [2.75, 3.05) is 7.05 Å². The molecule has 0 bridgehead atoms. The molecule has 0 aliphatic heterocycles. The average molecular weight is 327 g/mol. The molecule has 0 saturated carbocycles. The SMILES string of the molecule is CNCc1c(F)cccc1Sc1ccc(Br)cn1. The van der Waals surface area contributed by atoms with Crippen LogP contribution in [0.25, 0.3) is 0 Å². The largest absolute Gasteiger partial charge is 0.316 e. The van der Waals surface area contributed by atoms with Gasteiger partial charge in [0.1, 0.15) is 10.8 Å². The Morgan fingerprint density at radius 1 is 1.33 bits per heavy atom. The van der Waals surface area contributed by atoms with Gasteiger partial charge in [-0.05, 0) is 47.2 Å². The van der Waals surface area contributed by atoms with E-state index in [2.05, 4.69) is 26.2 Å². The number of benzene rings is 1. The number of aromatic nitrogens is 1. The van der Waals surface area contributed by atoms with Crippen molar-refractivity contribution in [3.8, 4) is 0 Å². The molecule has 1 heterocycles. The Morgan fingerprint density at radius 2 is 2.17 bits per heavy atom. The highest BCUT2D eigenvalue weighted by molar-refractivity contribution is 9.10. The summed E-state index contributed by atoms with van der Waals surface area (Å²) >= 11 is 4.81. The Morgan fingerprint density at radius 3 is 2.83 bits per heavy atom. The van der Waals surface area contributed by atoms with Gasteiger partial charge in [0, 0.05) is 27.7 Å². The van der Waals surface area contributed by atoms with E-state index in [-0.39, 0.29) is 5.82 Å². The number of hydrogen-bond donors (Lipinski definition) is 1. The highest BCUT2D eigenvalue weighted by atomic mass is 79.9. The molecule has 0 amide bonds. The molecular weight excluding hydrogens is 315 g/mol. The summed E-state index contributed by atoms with van der Waals surface area (Å²) in [6, 6.07) is 8.93. The van der Waals surface area contributed by atoms with Gasteiger partial charge < -0.3 is 5.32 Å². The Hall–Kier alpha value is -0.910. The smallest absolute Gasteiger partial charge is 0.128 e. The number of rotatable bonds is 4. The molecule has 0 unspecified atom stereocenters. The predicted octanol–water partition coefficient (Wildman–Crippen LogP) is 3.85. The van der Waals surface area contributed by atoms with Gasteiger partial charge in [-0.2, -0.15) is 0 Å². The molecule has 0 radical (unpaired) electrons. The van der Waals surface area contributed by atoms with Crippen molar-refractivity contribution in [1.29, 1.82) is 0 Å². The van der Waals surface area contributed by atoms with Gasteiger partial charge in [-0.3, -0.25) is 0 Å². The van der Waals surface area contributed by atoms with E-state index in [0.717, 1.165) is 14.4 Å². The van der Waals surface area contributed by atoms with Crippen LogP contribution in [0.1, 0.15) is 5.56 Å². The standard InChI is InChI=1S/C13H12BrFN2S/c1-16-8-10-11(15)3-2-4-12(10)18-13-6-5-9(14)7-17-13/h2-7,16H,8H2,1H3. The van der Waals surface area contributed by atoms with Gasteiger partial charge in [0.25, 0.3) is 0 Å². The fraction of sp³-hybridized carbons (Fsp3) is 0.154. The van der Waals surface area contributed by atoms with Crippen LogP contribution in [0.2, 0.25) is 0 Å². The lowest BCUT2D eigenvalue weighted by molar-refractivity contribution is 0.593. The molecule has 0 aliphatic rings. The molecule has 94 valence electrons. The van der Waals surface area contributed by atoms with Gasteiger partial charge in [-0.1, -0.05) is 17.8 Å². The Kier molecular flexibility index (Phi) is 4.74. The quantitative estimate of drug-likeness (QED) is 0.923. The maximum Gasteiger partial charge on any atom is 0.128 e. The third kappa shape index (κ3) is 3.31. The zero-order chi connectivity index (χ0) is 13.0. The molecule has 0 saturated heterocycles. The Bertz CT molecular complexity index is 531. The summed E-state index contributed by atoms with van der Waals surface area (Å²) in [6.07, 6.45) is 1.74. The fourth-order valence-corrected chi connectivity index (χ4v) is 2.66. The van der Waals surface area contributed by atoms with Gasteiger partial charge in [0.15, 0.2) is 0 Å². The summed E-state index contributed by atoms with van der Waals surface area (Å²) < 4.78 is 14.7. The van der Waals surface area contributed by atoms with Gasteiger partial charge in [0.2, 0.25) is 0 Å². The Labute approximate surface area is 118 Å². The van der Waals surface area contributed by atoms with E-state index >= 15 is 0 Å². The number of nitrogens with one attached hydrogen (secondary N) is 1. The second-order valence-electron chi connectivity index (χ2n) is 3.66. The molecule has 2 rings (SSSR count). The van der Waals surface area contributed by atoms with E-state index in [9.17, 15) is 4.39 Å². The van der Waals surface area contributed by atoms with Crippen molar-refractivity contribution in [2.24, 2.45) is 0 Å². The van der Waals surface area contributed by atoms with Crippen molar-refractivity contribution < 1.29 is 4.39 Å². The molecule has 0 aliphatic carbocycles. The maximum absolute atomic E-state index is 13.7. The predicted molar refractivity (Wildman–Crippen MR) is 75.2 cm³/mol. The van der Waals surface area contributed by atoms with Crippen LogP contribution in [0.15, 0.2) is 50.9 Å². The lowest BCUT2D eigenvalue weighted by atomic mass is 10.2. The Balaban J connectivity index is 2.28. The monoisotopic (exact) mass is 326 g/mol. The molecule has 0 atom stereocenters. The van der Waals surface area contributed by atoms with Crippen LogP contribution >= 0.6 is 27.7 Å². The van der Waals surface area contributed by atoms with E-state index in [1.165, 1.54) is 17.8 Å². The maximum atomic E-state index is 13.7. The summed E-state index contributed by atoms with van der Waals surface area (Å²) in [7, 11) is 1.80. The van der Waals surface area contributed by atoms with Crippen LogP contribution in [0.4, 0.5) is 4.39 Å². The zero-order valence-electron chi connectivity index (χ0n) is 9.78.